The molecule has 2 unspecified atom stereocenters. The molecule has 1 aromatic rings. The number of rotatable bonds is 4. The molecule has 2 heterocycles. The van der Waals surface area contributed by atoms with Gasteiger partial charge in [-0.15, -0.1) is 0 Å². The zero-order chi connectivity index (χ0) is 13.2. The summed E-state index contributed by atoms with van der Waals surface area (Å²) in [4.78, 5) is 0. The Morgan fingerprint density at radius 2 is 2.26 bits per heavy atom. The predicted molar refractivity (Wildman–Crippen MR) is 75.9 cm³/mol. The average molecular weight is 282 g/mol. The van der Waals surface area contributed by atoms with E-state index < -0.39 is 0 Å². The normalized spacial score (nSPS) is 25.4. The van der Waals surface area contributed by atoms with E-state index in [9.17, 15) is 0 Å². The van der Waals surface area contributed by atoms with Crippen molar-refractivity contribution in [2.45, 2.75) is 32.4 Å². The molecule has 1 aromatic carbocycles. The topological polar surface area (TPSA) is 30.5 Å². The molecule has 2 aliphatic heterocycles. The molecular weight excluding hydrogens is 262 g/mol. The molecule has 3 rings (SSSR count). The molecule has 0 aromatic heterocycles. The van der Waals surface area contributed by atoms with Crippen molar-refractivity contribution >= 4 is 11.6 Å². The highest BCUT2D eigenvalue weighted by Crippen LogP contribution is 2.32. The van der Waals surface area contributed by atoms with E-state index >= 15 is 0 Å². The third-order valence-electron chi connectivity index (χ3n) is 4.08. The second-order valence-electron chi connectivity index (χ2n) is 5.41. The van der Waals surface area contributed by atoms with Crippen molar-refractivity contribution in [1.82, 2.24) is 5.32 Å². The molecule has 19 heavy (non-hydrogen) atoms. The van der Waals surface area contributed by atoms with Crippen molar-refractivity contribution in [2.75, 3.05) is 19.8 Å². The van der Waals surface area contributed by atoms with E-state index in [1.165, 1.54) is 11.1 Å². The first-order chi connectivity index (χ1) is 9.24. The van der Waals surface area contributed by atoms with Gasteiger partial charge >= 0.3 is 0 Å². The molecule has 3 nitrogen and oxygen atoms in total. The summed E-state index contributed by atoms with van der Waals surface area (Å²) in [6.45, 7) is 5.62. The van der Waals surface area contributed by atoms with Gasteiger partial charge in [-0.2, -0.15) is 0 Å². The highest BCUT2D eigenvalue weighted by molar-refractivity contribution is 6.30. The Hall–Kier alpha value is -0.770. The molecule has 0 spiro atoms. The van der Waals surface area contributed by atoms with Crippen molar-refractivity contribution in [3.8, 4) is 5.75 Å². The van der Waals surface area contributed by atoms with Gasteiger partial charge in [0.15, 0.2) is 0 Å². The Bertz CT molecular complexity index is 464. The number of halogens is 1. The van der Waals surface area contributed by atoms with Gasteiger partial charge in [0.2, 0.25) is 0 Å². The molecule has 0 amide bonds. The van der Waals surface area contributed by atoms with Crippen LogP contribution in [0.4, 0.5) is 0 Å². The van der Waals surface area contributed by atoms with E-state index in [4.69, 9.17) is 21.1 Å². The van der Waals surface area contributed by atoms with Crippen molar-refractivity contribution < 1.29 is 9.47 Å². The number of hydrogen-bond donors (Lipinski definition) is 1. The van der Waals surface area contributed by atoms with E-state index in [2.05, 4.69) is 12.2 Å². The Balaban J connectivity index is 1.61. The summed E-state index contributed by atoms with van der Waals surface area (Å²) in [5.74, 6) is 1.65. The minimum absolute atomic E-state index is 0.369. The SMILES string of the molecule is CC1OCCC1CNCc1cc(Cl)cc2c1OCC2. The molecule has 0 saturated carbocycles. The van der Waals surface area contributed by atoms with Crippen LogP contribution >= 0.6 is 11.6 Å². The van der Waals surface area contributed by atoms with Gasteiger partial charge < -0.3 is 14.8 Å². The fourth-order valence-corrected chi connectivity index (χ4v) is 3.18. The molecule has 0 radical (unpaired) electrons. The largest absolute Gasteiger partial charge is 0.493 e. The van der Waals surface area contributed by atoms with Gasteiger partial charge in [-0.25, -0.2) is 0 Å². The summed E-state index contributed by atoms with van der Waals surface area (Å²) in [5, 5.41) is 4.32. The quantitative estimate of drug-likeness (QED) is 0.921. The van der Waals surface area contributed by atoms with Crippen LogP contribution in [0.25, 0.3) is 0 Å². The third kappa shape index (κ3) is 2.88. The van der Waals surface area contributed by atoms with Crippen molar-refractivity contribution in [2.24, 2.45) is 5.92 Å². The maximum Gasteiger partial charge on any atom is 0.127 e. The van der Waals surface area contributed by atoms with Gasteiger partial charge in [0, 0.05) is 36.7 Å². The van der Waals surface area contributed by atoms with Crippen LogP contribution in [0.1, 0.15) is 24.5 Å². The maximum atomic E-state index is 6.15. The first kappa shape index (κ1) is 13.2. The number of hydrogen-bond acceptors (Lipinski definition) is 3. The molecule has 0 bridgehead atoms. The minimum Gasteiger partial charge on any atom is -0.493 e. The van der Waals surface area contributed by atoms with Gasteiger partial charge in [-0.1, -0.05) is 11.6 Å². The van der Waals surface area contributed by atoms with E-state index in [0.717, 1.165) is 49.9 Å². The molecule has 4 heteroatoms. The van der Waals surface area contributed by atoms with Crippen LogP contribution in [0.3, 0.4) is 0 Å². The fourth-order valence-electron chi connectivity index (χ4n) is 2.91. The summed E-state index contributed by atoms with van der Waals surface area (Å²) >= 11 is 6.15. The maximum absolute atomic E-state index is 6.15. The van der Waals surface area contributed by atoms with E-state index in [-0.39, 0.29) is 0 Å². The van der Waals surface area contributed by atoms with Crippen molar-refractivity contribution in [1.29, 1.82) is 0 Å². The molecule has 1 saturated heterocycles. The zero-order valence-corrected chi connectivity index (χ0v) is 12.0. The van der Waals surface area contributed by atoms with Crippen molar-refractivity contribution in [3.63, 3.8) is 0 Å². The van der Waals surface area contributed by atoms with Gasteiger partial charge in [-0.3, -0.25) is 0 Å². The minimum atomic E-state index is 0.369. The number of ether oxygens (including phenoxy) is 2. The number of fused-ring (bicyclic) bond motifs is 1. The first-order valence-electron chi connectivity index (χ1n) is 7.00. The lowest BCUT2D eigenvalue weighted by Gasteiger charge is -2.16. The van der Waals surface area contributed by atoms with Crippen LogP contribution in [0.5, 0.6) is 5.75 Å². The van der Waals surface area contributed by atoms with E-state index in [0.29, 0.717) is 12.0 Å². The zero-order valence-electron chi connectivity index (χ0n) is 11.2. The highest BCUT2D eigenvalue weighted by atomic mass is 35.5. The molecule has 1 N–H and O–H groups in total. The van der Waals surface area contributed by atoms with Crippen LogP contribution in [-0.4, -0.2) is 25.9 Å². The summed E-state index contributed by atoms with van der Waals surface area (Å²) in [7, 11) is 0. The molecule has 2 atom stereocenters. The van der Waals surface area contributed by atoms with Gasteiger partial charge in [0.05, 0.1) is 12.7 Å². The summed E-state index contributed by atoms with van der Waals surface area (Å²) in [6, 6.07) is 4.02. The molecular formula is C15H20ClNO2. The first-order valence-corrected chi connectivity index (χ1v) is 7.38. The van der Waals surface area contributed by atoms with E-state index in [1.54, 1.807) is 0 Å². The Labute approximate surface area is 119 Å². The second kappa shape index (κ2) is 5.70. The van der Waals surface area contributed by atoms with Crippen LogP contribution < -0.4 is 10.1 Å². The summed E-state index contributed by atoms with van der Waals surface area (Å²) < 4.78 is 11.3. The van der Waals surface area contributed by atoms with Gasteiger partial charge in [0.1, 0.15) is 5.75 Å². The monoisotopic (exact) mass is 281 g/mol. The predicted octanol–water partition coefficient (Wildman–Crippen LogP) is 2.79. The van der Waals surface area contributed by atoms with Gasteiger partial charge in [-0.05, 0) is 37.0 Å². The smallest absolute Gasteiger partial charge is 0.127 e. The molecule has 0 aliphatic carbocycles. The lowest BCUT2D eigenvalue weighted by atomic mass is 10.0. The number of nitrogens with one attached hydrogen (secondary N) is 1. The molecule has 104 valence electrons. The van der Waals surface area contributed by atoms with E-state index in [1.807, 2.05) is 12.1 Å². The number of benzene rings is 1. The van der Waals surface area contributed by atoms with Crippen LogP contribution in [0.15, 0.2) is 12.1 Å². The Morgan fingerprint density at radius 3 is 3.05 bits per heavy atom. The molecule has 1 fully saturated rings. The summed E-state index contributed by atoms with van der Waals surface area (Å²) in [6.07, 6.45) is 2.49. The summed E-state index contributed by atoms with van der Waals surface area (Å²) in [5.41, 5.74) is 2.41. The second-order valence-corrected chi connectivity index (χ2v) is 5.84. The standard InChI is InChI=1S/C15H20ClNO2/c1-10-12(3-4-18-10)8-17-9-13-7-14(16)6-11-2-5-19-15(11)13/h6-7,10,12,17H,2-5,8-9H2,1H3. The van der Waals surface area contributed by atoms with Gasteiger partial charge in [0.25, 0.3) is 0 Å². The fraction of sp³-hybridized carbons (Fsp3) is 0.600. The van der Waals surface area contributed by atoms with Crippen LogP contribution in [0.2, 0.25) is 5.02 Å². The Kier molecular flexibility index (Phi) is 3.96. The Morgan fingerprint density at radius 1 is 1.37 bits per heavy atom. The third-order valence-corrected chi connectivity index (χ3v) is 4.30. The van der Waals surface area contributed by atoms with Crippen LogP contribution in [0, 0.1) is 5.92 Å². The molecule has 2 aliphatic rings. The van der Waals surface area contributed by atoms with Crippen molar-refractivity contribution in [3.05, 3.63) is 28.3 Å². The van der Waals surface area contributed by atoms with Crippen LogP contribution in [-0.2, 0) is 17.7 Å². The highest BCUT2D eigenvalue weighted by Gasteiger charge is 2.24. The lowest BCUT2D eigenvalue weighted by molar-refractivity contribution is 0.105. The lowest BCUT2D eigenvalue weighted by Crippen LogP contribution is -2.26. The average Bonchev–Trinajstić information content (AvgIpc) is 2.98.